The Morgan fingerprint density at radius 1 is 1.33 bits per heavy atom. The first-order valence-corrected chi connectivity index (χ1v) is 4.41. The Balaban J connectivity index is 4.28. The average molecular weight is 228 g/mol. The zero-order valence-corrected chi connectivity index (χ0v) is 9.14. The van der Waals surface area contributed by atoms with Crippen LogP contribution in [-0.2, 0) is 14.3 Å². The fourth-order valence-corrected chi connectivity index (χ4v) is 0.929. The number of rotatable bonds is 4. The molecule has 0 aromatic rings. The van der Waals surface area contributed by atoms with Gasteiger partial charge in [-0.2, -0.15) is 13.2 Å². The zero-order valence-electron chi connectivity index (χ0n) is 9.14. The quantitative estimate of drug-likeness (QED) is 0.692. The Kier molecular flexibility index (Phi) is 4.58. The third-order valence-electron chi connectivity index (χ3n) is 1.86. The molecule has 0 radical (unpaired) electrons. The minimum atomic E-state index is -4.46. The van der Waals surface area contributed by atoms with Gasteiger partial charge in [-0.1, -0.05) is 0 Å². The molecule has 0 aliphatic rings. The van der Waals surface area contributed by atoms with Crippen LogP contribution in [0.15, 0.2) is 0 Å². The van der Waals surface area contributed by atoms with Crippen molar-refractivity contribution in [2.45, 2.75) is 45.1 Å². The van der Waals surface area contributed by atoms with Gasteiger partial charge in [-0.05, 0) is 20.8 Å². The lowest BCUT2D eigenvalue weighted by Gasteiger charge is -2.30. The van der Waals surface area contributed by atoms with Crippen LogP contribution in [-0.4, -0.2) is 31.0 Å². The van der Waals surface area contributed by atoms with Gasteiger partial charge in [0, 0.05) is 0 Å². The Bertz CT molecular complexity index is 223. The van der Waals surface area contributed by atoms with E-state index >= 15 is 0 Å². The van der Waals surface area contributed by atoms with Gasteiger partial charge in [0.15, 0.2) is 5.60 Å². The maximum absolute atomic E-state index is 12.4. The maximum atomic E-state index is 12.4. The Morgan fingerprint density at radius 3 is 2.13 bits per heavy atom. The average Bonchev–Trinajstić information content (AvgIpc) is 2.00. The van der Waals surface area contributed by atoms with E-state index in [4.69, 9.17) is 4.74 Å². The highest BCUT2D eigenvalue weighted by atomic mass is 19.4. The van der Waals surface area contributed by atoms with Crippen molar-refractivity contribution in [3.05, 3.63) is 0 Å². The van der Waals surface area contributed by atoms with Gasteiger partial charge in [0.25, 0.3) is 0 Å². The van der Waals surface area contributed by atoms with Gasteiger partial charge in [0.1, 0.15) is 0 Å². The lowest BCUT2D eigenvalue weighted by molar-refractivity contribution is -0.275. The van der Waals surface area contributed by atoms with E-state index in [0.717, 1.165) is 13.8 Å². The van der Waals surface area contributed by atoms with Crippen LogP contribution in [0, 0.1) is 0 Å². The van der Waals surface area contributed by atoms with Crippen molar-refractivity contribution in [1.82, 2.24) is 0 Å². The summed E-state index contributed by atoms with van der Waals surface area (Å²) in [5, 5.41) is 0. The number of hydrogen-bond acceptors (Lipinski definition) is 3. The molecule has 0 fully saturated rings. The molecule has 0 unspecified atom stereocenters. The summed E-state index contributed by atoms with van der Waals surface area (Å²) in [6, 6.07) is 0. The predicted octanol–water partition coefficient (Wildman–Crippen LogP) is 2.30. The lowest BCUT2D eigenvalue weighted by atomic mass is 10.1. The molecule has 0 spiro atoms. The van der Waals surface area contributed by atoms with Gasteiger partial charge in [-0.3, -0.25) is 4.79 Å². The smallest absolute Gasteiger partial charge is 0.416 e. The highest BCUT2D eigenvalue weighted by Gasteiger charge is 2.49. The molecule has 0 aromatic carbocycles. The van der Waals surface area contributed by atoms with E-state index in [9.17, 15) is 18.0 Å². The Morgan fingerprint density at radius 2 is 1.80 bits per heavy atom. The lowest BCUT2D eigenvalue weighted by Crippen LogP contribution is -2.44. The van der Waals surface area contributed by atoms with Crippen molar-refractivity contribution in [3.63, 3.8) is 0 Å². The van der Waals surface area contributed by atoms with Crippen LogP contribution < -0.4 is 0 Å². The van der Waals surface area contributed by atoms with Crippen molar-refractivity contribution in [1.29, 1.82) is 0 Å². The first-order valence-electron chi connectivity index (χ1n) is 4.41. The minimum absolute atomic E-state index is 0.198. The van der Waals surface area contributed by atoms with Gasteiger partial charge in [0.05, 0.1) is 19.6 Å². The molecule has 0 amide bonds. The Hall–Kier alpha value is -0.780. The van der Waals surface area contributed by atoms with Crippen LogP contribution in [0.5, 0.6) is 0 Å². The summed E-state index contributed by atoms with van der Waals surface area (Å²) in [5.41, 5.74) is -2.26. The number of methoxy groups -OCH3 is 1. The summed E-state index contributed by atoms with van der Waals surface area (Å²) < 4.78 is 46.2. The van der Waals surface area contributed by atoms with E-state index in [1.54, 1.807) is 0 Å². The van der Waals surface area contributed by atoms with E-state index < -0.39 is 23.9 Å². The van der Waals surface area contributed by atoms with E-state index in [2.05, 4.69) is 4.74 Å². The molecular formula is C9H15F3O3. The molecule has 0 saturated heterocycles. The van der Waals surface area contributed by atoms with Gasteiger partial charge in [-0.15, -0.1) is 0 Å². The molecule has 3 nitrogen and oxygen atoms in total. The maximum Gasteiger partial charge on any atom is 0.416 e. The number of halogens is 3. The van der Waals surface area contributed by atoms with Crippen molar-refractivity contribution in [3.8, 4) is 0 Å². The molecule has 15 heavy (non-hydrogen) atoms. The van der Waals surface area contributed by atoms with Crippen molar-refractivity contribution < 1.29 is 27.4 Å². The van der Waals surface area contributed by atoms with Gasteiger partial charge < -0.3 is 9.47 Å². The van der Waals surface area contributed by atoms with Gasteiger partial charge in [0.2, 0.25) is 0 Å². The van der Waals surface area contributed by atoms with E-state index in [1.807, 2.05) is 0 Å². The number of hydrogen-bond donors (Lipinski definition) is 0. The molecule has 1 atom stereocenters. The summed E-state index contributed by atoms with van der Waals surface area (Å²) in [4.78, 5) is 10.8. The standard InChI is InChI=1S/C9H15F3O3/c1-6(5-7(13)14-4)15-8(2,3)9(10,11)12/h6H,5H2,1-4H3/t6-/m1/s1. The molecule has 0 N–H and O–H groups in total. The number of carbonyl (C=O) groups excluding carboxylic acids is 1. The first-order chi connectivity index (χ1) is 6.60. The van der Waals surface area contributed by atoms with Gasteiger partial charge in [-0.25, -0.2) is 0 Å². The third kappa shape index (κ3) is 4.51. The molecular weight excluding hydrogens is 213 g/mol. The van der Waals surface area contributed by atoms with E-state index in [1.165, 1.54) is 14.0 Å². The summed E-state index contributed by atoms with van der Waals surface area (Å²) in [7, 11) is 1.17. The van der Waals surface area contributed by atoms with Crippen molar-refractivity contribution in [2.75, 3.05) is 7.11 Å². The zero-order chi connectivity index (χ0) is 12.3. The molecule has 0 bridgehead atoms. The summed E-state index contributed by atoms with van der Waals surface area (Å²) in [6.45, 7) is 3.23. The summed E-state index contributed by atoms with van der Waals surface area (Å²) in [5.74, 6) is -0.597. The second-order valence-electron chi connectivity index (χ2n) is 3.72. The van der Waals surface area contributed by atoms with Crippen molar-refractivity contribution in [2.24, 2.45) is 0 Å². The van der Waals surface area contributed by atoms with Crippen LogP contribution in [0.1, 0.15) is 27.2 Å². The first kappa shape index (κ1) is 14.2. The second kappa shape index (κ2) is 4.83. The van der Waals surface area contributed by atoms with Crippen LogP contribution in [0.4, 0.5) is 13.2 Å². The fraction of sp³-hybridized carbons (Fsp3) is 0.889. The van der Waals surface area contributed by atoms with Crippen molar-refractivity contribution >= 4 is 5.97 Å². The minimum Gasteiger partial charge on any atom is -0.469 e. The van der Waals surface area contributed by atoms with Crippen LogP contribution in [0.3, 0.4) is 0 Å². The fourth-order valence-electron chi connectivity index (χ4n) is 0.929. The number of alkyl halides is 3. The number of carbonyl (C=O) groups is 1. The monoisotopic (exact) mass is 228 g/mol. The second-order valence-corrected chi connectivity index (χ2v) is 3.72. The van der Waals surface area contributed by atoms with Gasteiger partial charge >= 0.3 is 12.1 Å². The van der Waals surface area contributed by atoms with Crippen LogP contribution in [0.25, 0.3) is 0 Å². The molecule has 0 aromatic heterocycles. The molecule has 0 saturated carbocycles. The van der Waals surface area contributed by atoms with Crippen LogP contribution >= 0.6 is 0 Å². The normalized spacial score (nSPS) is 14.9. The highest BCUT2D eigenvalue weighted by molar-refractivity contribution is 5.69. The summed E-state index contributed by atoms with van der Waals surface area (Å²) >= 11 is 0. The topological polar surface area (TPSA) is 35.5 Å². The molecule has 0 aliphatic heterocycles. The summed E-state index contributed by atoms with van der Waals surface area (Å²) in [6.07, 6.45) is -5.50. The number of esters is 1. The molecule has 0 aliphatic carbocycles. The molecule has 0 rings (SSSR count). The SMILES string of the molecule is COC(=O)C[C@@H](C)OC(C)(C)C(F)(F)F. The number of ether oxygens (including phenoxy) is 2. The Labute approximate surface area is 86.5 Å². The molecule has 0 heterocycles. The van der Waals surface area contributed by atoms with E-state index in [0.29, 0.717) is 0 Å². The third-order valence-corrected chi connectivity index (χ3v) is 1.86. The largest absolute Gasteiger partial charge is 0.469 e. The predicted molar refractivity (Wildman–Crippen MR) is 47.3 cm³/mol. The van der Waals surface area contributed by atoms with E-state index in [-0.39, 0.29) is 6.42 Å². The molecule has 6 heteroatoms. The highest BCUT2D eigenvalue weighted by Crippen LogP contribution is 2.34. The molecule has 90 valence electrons. The van der Waals surface area contributed by atoms with Crippen LogP contribution in [0.2, 0.25) is 0 Å².